The van der Waals surface area contributed by atoms with Gasteiger partial charge in [-0.1, -0.05) is 66.7 Å². The molecule has 0 saturated heterocycles. The highest BCUT2D eigenvalue weighted by Gasteiger charge is 2.43. The molecule has 2 atom stereocenters. The maximum Gasteiger partial charge on any atom is 0.339 e. The van der Waals surface area contributed by atoms with Gasteiger partial charge < -0.3 is 10.1 Å². The van der Waals surface area contributed by atoms with E-state index in [0.29, 0.717) is 30.4 Å². The number of amides is 1. The van der Waals surface area contributed by atoms with Crippen LogP contribution in [0.15, 0.2) is 72.8 Å². The van der Waals surface area contributed by atoms with E-state index in [1.54, 1.807) is 6.07 Å². The van der Waals surface area contributed by atoms with E-state index in [9.17, 15) is 9.59 Å². The number of esters is 1. The van der Waals surface area contributed by atoms with Gasteiger partial charge in [0, 0.05) is 24.8 Å². The summed E-state index contributed by atoms with van der Waals surface area (Å²) >= 11 is 0. The maximum absolute atomic E-state index is 12.9. The lowest BCUT2D eigenvalue weighted by Gasteiger charge is -2.45. The Balaban J connectivity index is 1.22. The zero-order chi connectivity index (χ0) is 20.9. The smallest absolute Gasteiger partial charge is 0.339 e. The Bertz CT molecular complexity index is 1150. The Morgan fingerprint density at radius 1 is 0.871 bits per heavy atom. The fraction of sp³-hybridized carbons (Fsp3) is 0.259. The summed E-state index contributed by atoms with van der Waals surface area (Å²) in [6.45, 7) is 0.582. The van der Waals surface area contributed by atoms with Crippen LogP contribution >= 0.6 is 0 Å². The van der Waals surface area contributed by atoms with E-state index >= 15 is 0 Å². The highest BCUT2D eigenvalue weighted by molar-refractivity contribution is 5.95. The van der Waals surface area contributed by atoms with E-state index in [0.717, 1.165) is 12.0 Å². The van der Waals surface area contributed by atoms with Crippen LogP contribution < -0.4 is 5.32 Å². The summed E-state index contributed by atoms with van der Waals surface area (Å²) in [7, 11) is 0. The second-order valence-electron chi connectivity index (χ2n) is 8.78. The van der Waals surface area contributed by atoms with Crippen LogP contribution in [0.3, 0.4) is 0 Å². The molecule has 4 heteroatoms. The van der Waals surface area contributed by atoms with E-state index in [1.165, 1.54) is 22.3 Å². The standard InChI is InChI=1S/C27H23NO3/c29-26(24-14-16-7-1-2-8-18(16)27(30)31-24)28-15-17-13-23-19-9-3-5-11-21(19)25(17)22-12-6-4-10-20(22)23/h1-12,17,23-25H,13-15H2,(H,28,29)/t17-,23?,24+,25?/m0/s1. The van der Waals surface area contributed by atoms with Crippen molar-refractivity contribution in [3.63, 3.8) is 0 Å². The Kier molecular flexibility index (Phi) is 4.20. The first kappa shape index (κ1) is 18.4. The van der Waals surface area contributed by atoms with E-state index in [4.69, 9.17) is 4.74 Å². The van der Waals surface area contributed by atoms with Gasteiger partial charge in [-0.2, -0.15) is 0 Å². The third-order valence-corrected chi connectivity index (χ3v) is 7.15. The molecule has 0 spiro atoms. The summed E-state index contributed by atoms with van der Waals surface area (Å²) in [6.07, 6.45) is 0.685. The SMILES string of the molecule is O=C1O[C@@H](C(=O)NC[C@@H]2CC3c4ccccc4C2c2ccccc23)Cc2ccccc21. The summed E-state index contributed by atoms with van der Waals surface area (Å²) in [5, 5.41) is 3.10. The van der Waals surface area contributed by atoms with Gasteiger partial charge in [0.05, 0.1) is 5.56 Å². The van der Waals surface area contributed by atoms with Crippen molar-refractivity contribution in [2.24, 2.45) is 5.92 Å². The molecule has 0 aromatic heterocycles. The quantitative estimate of drug-likeness (QED) is 0.660. The third kappa shape index (κ3) is 2.89. The molecule has 1 aliphatic heterocycles. The second-order valence-corrected chi connectivity index (χ2v) is 8.78. The normalized spacial score (nSPS) is 25.1. The fourth-order valence-electron chi connectivity index (χ4n) is 5.78. The molecule has 1 amide bonds. The number of rotatable bonds is 3. The topological polar surface area (TPSA) is 55.4 Å². The minimum Gasteiger partial charge on any atom is -0.448 e. The van der Waals surface area contributed by atoms with E-state index in [-0.39, 0.29) is 11.8 Å². The molecule has 3 aromatic carbocycles. The highest BCUT2D eigenvalue weighted by atomic mass is 16.5. The fourth-order valence-corrected chi connectivity index (χ4v) is 5.78. The number of nitrogens with one attached hydrogen (secondary N) is 1. The van der Waals surface area contributed by atoms with Crippen LogP contribution in [-0.4, -0.2) is 24.5 Å². The van der Waals surface area contributed by atoms with Crippen molar-refractivity contribution in [1.29, 1.82) is 0 Å². The van der Waals surface area contributed by atoms with Crippen molar-refractivity contribution in [1.82, 2.24) is 5.32 Å². The van der Waals surface area contributed by atoms with Crippen LogP contribution in [0.5, 0.6) is 0 Å². The largest absolute Gasteiger partial charge is 0.448 e. The maximum atomic E-state index is 12.9. The number of ether oxygens (including phenoxy) is 1. The van der Waals surface area contributed by atoms with Crippen LogP contribution in [0, 0.1) is 5.92 Å². The van der Waals surface area contributed by atoms with Gasteiger partial charge in [0.1, 0.15) is 0 Å². The molecule has 3 aromatic rings. The number of carbonyl (C=O) groups excluding carboxylic acids is 2. The molecule has 0 unspecified atom stereocenters. The Hall–Kier alpha value is -3.40. The molecule has 0 saturated carbocycles. The predicted octanol–water partition coefficient (Wildman–Crippen LogP) is 4.18. The molecule has 0 fully saturated rings. The molecule has 3 aliphatic carbocycles. The van der Waals surface area contributed by atoms with Gasteiger partial charge in [-0.05, 0) is 46.2 Å². The number of carbonyl (C=O) groups is 2. The average Bonchev–Trinajstić information content (AvgIpc) is 2.82. The molecular weight excluding hydrogens is 386 g/mol. The minimum absolute atomic E-state index is 0.203. The Labute approximate surface area is 181 Å². The number of benzene rings is 3. The molecule has 1 N–H and O–H groups in total. The van der Waals surface area contributed by atoms with Crippen LogP contribution in [0.1, 0.15) is 56.4 Å². The monoisotopic (exact) mass is 409 g/mol. The number of fused-ring (bicyclic) bond motifs is 2. The Morgan fingerprint density at radius 2 is 1.48 bits per heavy atom. The summed E-state index contributed by atoms with van der Waals surface area (Å²) in [6, 6.07) is 24.8. The van der Waals surface area contributed by atoms with Crippen LogP contribution in [0.4, 0.5) is 0 Å². The van der Waals surface area contributed by atoms with Crippen molar-refractivity contribution in [3.8, 4) is 0 Å². The van der Waals surface area contributed by atoms with Gasteiger partial charge in [0.2, 0.25) is 0 Å². The van der Waals surface area contributed by atoms with E-state index in [2.05, 4.69) is 53.8 Å². The molecule has 154 valence electrons. The van der Waals surface area contributed by atoms with Crippen molar-refractivity contribution in [2.75, 3.05) is 6.54 Å². The van der Waals surface area contributed by atoms with Gasteiger partial charge in [0.15, 0.2) is 6.10 Å². The van der Waals surface area contributed by atoms with Gasteiger partial charge in [-0.25, -0.2) is 4.79 Å². The highest BCUT2D eigenvalue weighted by Crippen LogP contribution is 2.55. The minimum atomic E-state index is -0.761. The predicted molar refractivity (Wildman–Crippen MR) is 117 cm³/mol. The molecule has 31 heavy (non-hydrogen) atoms. The first-order valence-electron chi connectivity index (χ1n) is 10.9. The van der Waals surface area contributed by atoms with Gasteiger partial charge in [-0.3, -0.25) is 4.79 Å². The summed E-state index contributed by atoms with van der Waals surface area (Å²) in [5.74, 6) is 0.365. The van der Waals surface area contributed by atoms with Crippen LogP contribution in [0.25, 0.3) is 0 Å². The summed E-state index contributed by atoms with van der Waals surface area (Å²) in [5.41, 5.74) is 7.05. The second kappa shape index (κ2) is 7.09. The molecule has 2 bridgehead atoms. The van der Waals surface area contributed by atoms with E-state index < -0.39 is 12.1 Å². The van der Waals surface area contributed by atoms with Crippen molar-refractivity contribution in [2.45, 2.75) is 30.8 Å². The first-order valence-corrected chi connectivity index (χ1v) is 10.9. The summed E-state index contributed by atoms with van der Waals surface area (Å²) in [4.78, 5) is 25.2. The van der Waals surface area contributed by atoms with Gasteiger partial charge in [-0.15, -0.1) is 0 Å². The zero-order valence-electron chi connectivity index (χ0n) is 17.1. The van der Waals surface area contributed by atoms with Crippen LogP contribution in [0.2, 0.25) is 0 Å². The van der Waals surface area contributed by atoms with Crippen molar-refractivity contribution >= 4 is 11.9 Å². The van der Waals surface area contributed by atoms with Gasteiger partial charge in [0.25, 0.3) is 5.91 Å². The molecule has 4 nitrogen and oxygen atoms in total. The number of cyclic esters (lactones) is 1. The van der Waals surface area contributed by atoms with Crippen molar-refractivity contribution < 1.29 is 14.3 Å². The molecule has 7 rings (SSSR count). The van der Waals surface area contributed by atoms with Gasteiger partial charge >= 0.3 is 5.97 Å². The molecular formula is C27H23NO3. The molecule has 1 heterocycles. The Morgan fingerprint density at radius 3 is 2.19 bits per heavy atom. The summed E-state index contributed by atoms with van der Waals surface area (Å²) < 4.78 is 5.44. The lowest BCUT2D eigenvalue weighted by molar-refractivity contribution is -0.130. The van der Waals surface area contributed by atoms with Crippen molar-refractivity contribution in [3.05, 3.63) is 106 Å². The lowest BCUT2D eigenvalue weighted by atomic mass is 9.59. The number of hydrogen-bond donors (Lipinski definition) is 1. The zero-order valence-corrected chi connectivity index (χ0v) is 17.1. The van der Waals surface area contributed by atoms with E-state index in [1.807, 2.05) is 18.2 Å². The first-order chi connectivity index (χ1) is 15.2. The lowest BCUT2D eigenvalue weighted by Crippen LogP contribution is -2.45. The van der Waals surface area contributed by atoms with Crippen LogP contribution in [-0.2, 0) is 16.0 Å². The average molecular weight is 409 g/mol. The molecule has 4 aliphatic rings. The molecule has 0 radical (unpaired) electrons. The third-order valence-electron chi connectivity index (χ3n) is 7.15. The number of hydrogen-bond acceptors (Lipinski definition) is 3.